The number of hydrogen-bond donors (Lipinski definition) is 1. The van der Waals surface area contributed by atoms with Crippen molar-refractivity contribution in [1.29, 1.82) is 0 Å². The number of rotatable bonds is 13. The zero-order chi connectivity index (χ0) is 28.4. The van der Waals surface area contributed by atoms with Crippen LogP contribution < -0.4 is 14.4 Å². The lowest BCUT2D eigenvalue weighted by Gasteiger charge is -2.33. The van der Waals surface area contributed by atoms with Crippen molar-refractivity contribution in [2.75, 3.05) is 30.8 Å². The highest BCUT2D eigenvalue weighted by molar-refractivity contribution is 7.92. The predicted molar refractivity (Wildman–Crippen MR) is 154 cm³/mol. The predicted octanol–water partition coefficient (Wildman–Crippen LogP) is 4.28. The normalized spacial score (nSPS) is 11.9. The summed E-state index contributed by atoms with van der Waals surface area (Å²) in [4.78, 5) is 28.9. The minimum atomic E-state index is -3.89. The van der Waals surface area contributed by atoms with Gasteiger partial charge in [0.15, 0.2) is 0 Å². The molecule has 0 heterocycles. The molecule has 208 valence electrons. The van der Waals surface area contributed by atoms with E-state index in [4.69, 9.17) is 16.3 Å². The van der Waals surface area contributed by atoms with Crippen LogP contribution in [0.3, 0.4) is 0 Å². The first-order valence-electron chi connectivity index (χ1n) is 12.6. The van der Waals surface area contributed by atoms with Crippen molar-refractivity contribution in [1.82, 2.24) is 10.2 Å². The molecule has 0 unspecified atom stereocenters. The lowest BCUT2D eigenvalue weighted by Crippen LogP contribution is -2.53. The second-order valence-electron chi connectivity index (χ2n) is 9.09. The van der Waals surface area contributed by atoms with Crippen LogP contribution in [-0.4, -0.2) is 57.6 Å². The van der Waals surface area contributed by atoms with Crippen molar-refractivity contribution in [3.63, 3.8) is 0 Å². The van der Waals surface area contributed by atoms with Gasteiger partial charge in [-0.3, -0.25) is 13.9 Å². The minimum absolute atomic E-state index is 0.0799. The van der Waals surface area contributed by atoms with Gasteiger partial charge in [0.1, 0.15) is 18.3 Å². The maximum Gasteiger partial charge on any atom is 0.244 e. The Morgan fingerprint density at radius 2 is 1.59 bits per heavy atom. The number of para-hydroxylation sites is 2. The fourth-order valence-electron chi connectivity index (χ4n) is 4.14. The monoisotopic (exact) mass is 571 g/mol. The molecule has 0 aliphatic heterocycles. The molecule has 1 atom stereocenters. The van der Waals surface area contributed by atoms with Crippen LogP contribution in [0.1, 0.15) is 24.5 Å². The fraction of sp³-hybridized carbons (Fsp3) is 0.310. The Kier molecular flexibility index (Phi) is 10.8. The number of benzene rings is 3. The van der Waals surface area contributed by atoms with Crippen molar-refractivity contribution in [3.8, 4) is 5.75 Å². The number of methoxy groups -OCH3 is 1. The van der Waals surface area contributed by atoms with Gasteiger partial charge in [-0.2, -0.15) is 0 Å². The lowest BCUT2D eigenvalue weighted by atomic mass is 10.0. The number of carbonyl (C=O) groups is 2. The Labute approximate surface area is 235 Å². The van der Waals surface area contributed by atoms with E-state index in [1.54, 1.807) is 48.5 Å². The first-order valence-corrected chi connectivity index (χ1v) is 14.8. The molecule has 0 saturated heterocycles. The molecule has 8 nitrogen and oxygen atoms in total. The lowest BCUT2D eigenvalue weighted by molar-refractivity contribution is -0.140. The molecule has 0 fully saturated rings. The average molecular weight is 572 g/mol. The molecule has 39 heavy (non-hydrogen) atoms. The van der Waals surface area contributed by atoms with Gasteiger partial charge >= 0.3 is 0 Å². The zero-order valence-electron chi connectivity index (χ0n) is 22.3. The number of nitrogens with zero attached hydrogens (tertiary/aromatic N) is 2. The molecule has 3 rings (SSSR count). The molecule has 3 aromatic carbocycles. The summed E-state index contributed by atoms with van der Waals surface area (Å²) < 4.78 is 32.2. The van der Waals surface area contributed by atoms with Gasteiger partial charge in [0, 0.05) is 24.5 Å². The highest BCUT2D eigenvalue weighted by atomic mass is 35.5. The highest BCUT2D eigenvalue weighted by Gasteiger charge is 2.33. The van der Waals surface area contributed by atoms with Gasteiger partial charge < -0.3 is 15.0 Å². The molecule has 0 radical (unpaired) electrons. The van der Waals surface area contributed by atoms with Crippen LogP contribution in [0.4, 0.5) is 5.69 Å². The van der Waals surface area contributed by atoms with E-state index in [0.717, 1.165) is 28.1 Å². The van der Waals surface area contributed by atoms with Crippen LogP contribution in [0.25, 0.3) is 0 Å². The number of amides is 2. The molecule has 1 N–H and O–H groups in total. The van der Waals surface area contributed by atoms with Crippen molar-refractivity contribution >= 4 is 39.1 Å². The Morgan fingerprint density at radius 3 is 2.21 bits per heavy atom. The first-order chi connectivity index (χ1) is 18.6. The summed E-state index contributed by atoms with van der Waals surface area (Å²) in [6, 6.07) is 22.1. The van der Waals surface area contributed by atoms with Gasteiger partial charge in [0.05, 0.1) is 19.1 Å². The molecule has 0 aliphatic rings. The quantitative estimate of drug-likeness (QED) is 0.330. The van der Waals surface area contributed by atoms with Gasteiger partial charge in [0.25, 0.3) is 0 Å². The molecule has 2 amide bonds. The molecular formula is C29H34ClN3O5S. The number of halogens is 1. The van der Waals surface area contributed by atoms with Gasteiger partial charge in [0.2, 0.25) is 21.8 Å². The number of anilines is 1. The Morgan fingerprint density at radius 1 is 0.949 bits per heavy atom. The molecule has 3 aromatic rings. The van der Waals surface area contributed by atoms with Crippen LogP contribution in [0.5, 0.6) is 5.75 Å². The average Bonchev–Trinajstić information content (AvgIpc) is 2.93. The summed E-state index contributed by atoms with van der Waals surface area (Å²) in [5, 5.41) is 3.45. The molecule has 0 bridgehead atoms. The Bertz CT molecular complexity index is 1350. The number of ether oxygens (including phenoxy) is 1. The van der Waals surface area contributed by atoms with E-state index in [-0.39, 0.29) is 24.6 Å². The van der Waals surface area contributed by atoms with Gasteiger partial charge in [-0.25, -0.2) is 8.42 Å². The first kappa shape index (κ1) is 30.0. The number of sulfonamides is 1. The second-order valence-corrected chi connectivity index (χ2v) is 11.4. The van der Waals surface area contributed by atoms with Crippen LogP contribution in [0.15, 0.2) is 78.9 Å². The zero-order valence-corrected chi connectivity index (χ0v) is 23.9. The van der Waals surface area contributed by atoms with Crippen LogP contribution in [-0.2, 0) is 32.6 Å². The third kappa shape index (κ3) is 8.46. The highest BCUT2D eigenvalue weighted by Crippen LogP contribution is 2.30. The van der Waals surface area contributed by atoms with Crippen molar-refractivity contribution in [2.45, 2.75) is 32.4 Å². The summed E-state index contributed by atoms with van der Waals surface area (Å²) in [6.07, 6.45) is 2.01. The standard InChI is InChI=1S/C29H34ClN3O5S/c1-4-18-31-29(35)26(19-22-10-6-5-7-11-22)32(20-23-14-16-24(30)17-15-23)28(34)21-33(39(3,36)37)25-12-8-9-13-27(25)38-2/h5-17,26H,4,18-21H2,1-3H3,(H,31,35)/t26-/m0/s1. The van der Waals surface area contributed by atoms with Crippen LogP contribution in [0, 0.1) is 0 Å². The maximum atomic E-state index is 14.0. The van der Waals surface area contributed by atoms with Crippen molar-refractivity contribution in [3.05, 3.63) is 95.0 Å². The molecular weight excluding hydrogens is 538 g/mol. The largest absolute Gasteiger partial charge is 0.495 e. The topological polar surface area (TPSA) is 96.0 Å². The van der Waals surface area contributed by atoms with Gasteiger partial charge in [-0.05, 0) is 41.8 Å². The third-order valence-electron chi connectivity index (χ3n) is 6.12. The summed E-state index contributed by atoms with van der Waals surface area (Å²) in [5.74, 6) is -0.540. The number of nitrogens with one attached hydrogen (secondary N) is 1. The summed E-state index contributed by atoms with van der Waals surface area (Å²) in [6.45, 7) is 1.96. The number of carbonyl (C=O) groups excluding carboxylic acids is 2. The molecule has 0 aromatic heterocycles. The Balaban J connectivity index is 2.05. The Hall–Kier alpha value is -3.56. The second kappa shape index (κ2) is 14.0. The maximum absolute atomic E-state index is 14.0. The van der Waals surface area contributed by atoms with E-state index in [1.165, 1.54) is 12.0 Å². The van der Waals surface area contributed by atoms with Crippen LogP contribution in [0.2, 0.25) is 5.02 Å². The molecule has 0 aliphatic carbocycles. The van der Waals surface area contributed by atoms with E-state index in [1.807, 2.05) is 37.3 Å². The summed E-state index contributed by atoms with van der Waals surface area (Å²) in [5.41, 5.74) is 1.85. The summed E-state index contributed by atoms with van der Waals surface area (Å²) in [7, 11) is -2.46. The fourth-order valence-corrected chi connectivity index (χ4v) is 5.12. The van der Waals surface area contributed by atoms with Gasteiger partial charge in [-0.15, -0.1) is 0 Å². The third-order valence-corrected chi connectivity index (χ3v) is 7.50. The van der Waals surface area contributed by atoms with Crippen molar-refractivity contribution < 1.29 is 22.7 Å². The molecule has 0 saturated carbocycles. The van der Waals surface area contributed by atoms with E-state index < -0.39 is 28.5 Å². The van der Waals surface area contributed by atoms with Gasteiger partial charge in [-0.1, -0.05) is 73.1 Å². The van der Waals surface area contributed by atoms with E-state index in [9.17, 15) is 18.0 Å². The van der Waals surface area contributed by atoms with Crippen LogP contribution >= 0.6 is 11.6 Å². The number of hydrogen-bond acceptors (Lipinski definition) is 5. The van der Waals surface area contributed by atoms with E-state index >= 15 is 0 Å². The smallest absolute Gasteiger partial charge is 0.244 e. The minimum Gasteiger partial charge on any atom is -0.495 e. The summed E-state index contributed by atoms with van der Waals surface area (Å²) >= 11 is 6.07. The molecule has 10 heteroatoms. The van der Waals surface area contributed by atoms with E-state index in [2.05, 4.69) is 5.32 Å². The van der Waals surface area contributed by atoms with E-state index in [0.29, 0.717) is 17.3 Å². The van der Waals surface area contributed by atoms with Crippen molar-refractivity contribution in [2.24, 2.45) is 0 Å². The SMILES string of the molecule is CCCNC(=O)[C@H](Cc1ccccc1)N(Cc1ccc(Cl)cc1)C(=O)CN(c1ccccc1OC)S(C)(=O)=O. The molecule has 0 spiro atoms.